The Morgan fingerprint density at radius 2 is 1.71 bits per heavy atom. The smallest absolute Gasteiger partial charge is 0.255 e. The van der Waals surface area contributed by atoms with Gasteiger partial charge < -0.3 is 15.1 Å². The minimum atomic E-state index is -0.245. The van der Waals surface area contributed by atoms with Crippen LogP contribution in [0, 0.1) is 11.8 Å². The highest BCUT2D eigenvalue weighted by Crippen LogP contribution is 2.38. The molecule has 3 aromatic carbocycles. The van der Waals surface area contributed by atoms with Crippen molar-refractivity contribution >= 4 is 34.3 Å². The normalized spacial score (nSPS) is 17.3. The van der Waals surface area contributed by atoms with Gasteiger partial charge in [0.15, 0.2) is 5.58 Å². The molecule has 1 saturated carbocycles. The number of hydrogen-bond donors (Lipinski definition) is 2. The molecule has 1 aromatic heterocycles. The quantitative estimate of drug-likeness (QED) is 0.464. The van der Waals surface area contributed by atoms with E-state index in [1.807, 2.05) is 48.5 Å². The molecule has 2 unspecified atom stereocenters. The highest BCUT2D eigenvalue weighted by Gasteiger charge is 2.39. The van der Waals surface area contributed by atoms with Crippen LogP contribution in [0.25, 0.3) is 22.6 Å². The Morgan fingerprint density at radius 3 is 2.45 bits per heavy atom. The number of fused-ring (bicyclic) bond motifs is 1. The van der Waals surface area contributed by atoms with E-state index in [-0.39, 0.29) is 17.7 Å². The second-order valence-corrected chi connectivity index (χ2v) is 7.91. The zero-order valence-corrected chi connectivity index (χ0v) is 17.0. The Balaban J connectivity index is 1.27. The van der Waals surface area contributed by atoms with E-state index in [4.69, 9.17) is 4.42 Å². The minimum absolute atomic E-state index is 0.0137. The molecule has 1 aliphatic carbocycles. The second-order valence-electron chi connectivity index (χ2n) is 7.91. The molecule has 1 aliphatic rings. The zero-order chi connectivity index (χ0) is 21.4. The van der Waals surface area contributed by atoms with Gasteiger partial charge in [0.2, 0.25) is 11.8 Å². The van der Waals surface area contributed by atoms with Gasteiger partial charge in [-0.05, 0) is 66.9 Å². The van der Waals surface area contributed by atoms with Gasteiger partial charge in [-0.1, -0.05) is 25.1 Å². The van der Waals surface area contributed by atoms with Crippen LogP contribution in [0.4, 0.5) is 11.4 Å². The summed E-state index contributed by atoms with van der Waals surface area (Å²) >= 11 is 0. The van der Waals surface area contributed by atoms with E-state index in [2.05, 4.69) is 22.5 Å². The summed E-state index contributed by atoms with van der Waals surface area (Å²) in [5.74, 6) is 0.819. The lowest BCUT2D eigenvalue weighted by atomic mass is 10.1. The molecule has 6 nitrogen and oxygen atoms in total. The Bertz CT molecular complexity index is 1240. The van der Waals surface area contributed by atoms with Crippen molar-refractivity contribution in [2.75, 3.05) is 10.6 Å². The summed E-state index contributed by atoms with van der Waals surface area (Å²) < 4.78 is 5.78. The second kappa shape index (κ2) is 7.72. The van der Waals surface area contributed by atoms with Crippen molar-refractivity contribution in [1.82, 2.24) is 4.98 Å². The van der Waals surface area contributed by atoms with Crippen LogP contribution in [0.1, 0.15) is 23.7 Å². The zero-order valence-electron chi connectivity index (χ0n) is 17.0. The molecule has 154 valence electrons. The third kappa shape index (κ3) is 4.05. The number of carbonyl (C=O) groups is 2. The van der Waals surface area contributed by atoms with Gasteiger partial charge in [0.05, 0.1) is 0 Å². The van der Waals surface area contributed by atoms with Crippen LogP contribution in [0.15, 0.2) is 77.2 Å². The maximum Gasteiger partial charge on any atom is 0.255 e. The SMILES string of the molecule is CC1CC1C(=O)Nc1cccc(C(=O)Nc2ccc(-c3nc4ccccc4o3)cc2)c1. The maximum atomic E-state index is 12.7. The monoisotopic (exact) mass is 411 g/mol. The summed E-state index contributed by atoms with van der Waals surface area (Å²) in [6.07, 6.45) is 0.922. The molecule has 4 aromatic rings. The van der Waals surface area contributed by atoms with Gasteiger partial charge in [0.1, 0.15) is 5.52 Å². The van der Waals surface area contributed by atoms with E-state index in [9.17, 15) is 9.59 Å². The van der Waals surface area contributed by atoms with E-state index >= 15 is 0 Å². The first-order valence-electron chi connectivity index (χ1n) is 10.2. The Morgan fingerprint density at radius 1 is 0.935 bits per heavy atom. The molecular weight excluding hydrogens is 390 g/mol. The Kier molecular flexibility index (Phi) is 4.75. The van der Waals surface area contributed by atoms with Gasteiger partial charge in [-0.25, -0.2) is 4.98 Å². The highest BCUT2D eigenvalue weighted by molar-refractivity contribution is 6.05. The summed E-state index contributed by atoms with van der Waals surface area (Å²) in [4.78, 5) is 29.3. The van der Waals surface area contributed by atoms with E-state index in [1.165, 1.54) is 0 Å². The fourth-order valence-electron chi connectivity index (χ4n) is 3.56. The summed E-state index contributed by atoms with van der Waals surface area (Å²) in [6, 6.07) is 21.9. The molecule has 5 rings (SSSR count). The molecule has 6 heteroatoms. The lowest BCUT2D eigenvalue weighted by Gasteiger charge is -2.09. The number of benzene rings is 3. The number of nitrogens with zero attached hydrogens (tertiary/aromatic N) is 1. The lowest BCUT2D eigenvalue weighted by molar-refractivity contribution is -0.117. The van der Waals surface area contributed by atoms with Crippen molar-refractivity contribution < 1.29 is 14.0 Å². The first-order valence-corrected chi connectivity index (χ1v) is 10.2. The third-order valence-corrected chi connectivity index (χ3v) is 5.52. The number of nitrogens with one attached hydrogen (secondary N) is 2. The number of anilines is 2. The standard InChI is InChI=1S/C25H21N3O3/c1-15-13-20(15)24(30)27-19-6-4-5-17(14-19)23(29)26-18-11-9-16(10-12-18)25-28-21-7-2-3-8-22(21)31-25/h2-12,14-15,20H,13H2,1H3,(H,26,29)(H,27,30). The molecule has 2 N–H and O–H groups in total. The number of para-hydroxylation sites is 2. The molecule has 0 saturated heterocycles. The molecule has 2 atom stereocenters. The molecule has 1 heterocycles. The number of oxazole rings is 1. The summed E-state index contributed by atoms with van der Waals surface area (Å²) in [5.41, 5.74) is 4.13. The first-order chi connectivity index (χ1) is 15.1. The van der Waals surface area contributed by atoms with Gasteiger partial charge in [-0.2, -0.15) is 0 Å². The fourth-order valence-corrected chi connectivity index (χ4v) is 3.56. The number of amides is 2. The van der Waals surface area contributed by atoms with E-state index < -0.39 is 0 Å². The highest BCUT2D eigenvalue weighted by atomic mass is 16.3. The fraction of sp³-hybridized carbons (Fsp3) is 0.160. The average molecular weight is 411 g/mol. The molecular formula is C25H21N3O3. The summed E-state index contributed by atoms with van der Waals surface area (Å²) in [6.45, 7) is 2.06. The van der Waals surface area contributed by atoms with E-state index in [0.29, 0.717) is 28.7 Å². The number of aromatic nitrogens is 1. The number of rotatable bonds is 5. The van der Waals surface area contributed by atoms with Gasteiger partial charge in [-0.15, -0.1) is 0 Å². The number of hydrogen-bond acceptors (Lipinski definition) is 4. The van der Waals surface area contributed by atoms with Crippen molar-refractivity contribution in [3.8, 4) is 11.5 Å². The summed E-state index contributed by atoms with van der Waals surface area (Å²) in [5, 5.41) is 5.78. The molecule has 0 radical (unpaired) electrons. The van der Waals surface area contributed by atoms with E-state index in [1.54, 1.807) is 24.3 Å². The molecule has 0 spiro atoms. The van der Waals surface area contributed by atoms with Crippen molar-refractivity contribution in [2.45, 2.75) is 13.3 Å². The van der Waals surface area contributed by atoms with Crippen LogP contribution in [0.5, 0.6) is 0 Å². The largest absolute Gasteiger partial charge is 0.436 e. The van der Waals surface area contributed by atoms with E-state index in [0.717, 1.165) is 23.1 Å². The van der Waals surface area contributed by atoms with Crippen LogP contribution in [0.3, 0.4) is 0 Å². The molecule has 2 amide bonds. The third-order valence-electron chi connectivity index (χ3n) is 5.52. The van der Waals surface area contributed by atoms with Gasteiger partial charge in [-0.3, -0.25) is 9.59 Å². The molecule has 0 bridgehead atoms. The van der Waals surface area contributed by atoms with Crippen molar-refractivity contribution in [3.05, 3.63) is 78.4 Å². The first kappa shape index (κ1) is 19.1. The van der Waals surface area contributed by atoms with Crippen molar-refractivity contribution in [3.63, 3.8) is 0 Å². The van der Waals surface area contributed by atoms with Crippen molar-refractivity contribution in [2.24, 2.45) is 11.8 Å². The Hall–Kier alpha value is -3.93. The van der Waals surface area contributed by atoms with Crippen LogP contribution in [-0.4, -0.2) is 16.8 Å². The van der Waals surface area contributed by atoms with Crippen LogP contribution in [0.2, 0.25) is 0 Å². The molecule has 31 heavy (non-hydrogen) atoms. The minimum Gasteiger partial charge on any atom is -0.436 e. The van der Waals surface area contributed by atoms with Gasteiger partial charge >= 0.3 is 0 Å². The van der Waals surface area contributed by atoms with Gasteiger partial charge in [0, 0.05) is 28.4 Å². The average Bonchev–Trinajstić information content (AvgIpc) is 3.36. The molecule has 1 fully saturated rings. The van der Waals surface area contributed by atoms with Gasteiger partial charge in [0.25, 0.3) is 5.91 Å². The Labute approximate surface area is 179 Å². The summed E-state index contributed by atoms with van der Waals surface area (Å²) in [7, 11) is 0. The molecule has 0 aliphatic heterocycles. The predicted octanol–water partition coefficient (Wildman–Crippen LogP) is 5.34. The maximum absolute atomic E-state index is 12.7. The topological polar surface area (TPSA) is 84.2 Å². The number of carbonyl (C=O) groups excluding carboxylic acids is 2. The predicted molar refractivity (Wildman–Crippen MR) is 120 cm³/mol. The lowest BCUT2D eigenvalue weighted by Crippen LogP contribution is -2.16. The van der Waals surface area contributed by atoms with Crippen LogP contribution >= 0.6 is 0 Å². The van der Waals surface area contributed by atoms with Crippen LogP contribution < -0.4 is 10.6 Å². The van der Waals surface area contributed by atoms with Crippen LogP contribution in [-0.2, 0) is 4.79 Å². The van der Waals surface area contributed by atoms with Crippen molar-refractivity contribution in [1.29, 1.82) is 0 Å².